The molecule has 0 N–H and O–H groups in total. The molecule has 6 heteroatoms. The van der Waals surface area contributed by atoms with E-state index in [1.807, 2.05) is 30.4 Å². The standard InChI is InChI=1S/C18H19NO5/c1-22-11-4-3-10(9-14(11)23-2)7-8-19-17(20)15-12-5-6-13(24-12)16(15)18(19)21/h3-6,9,12-13,15-16H,7-8H2,1-2H3/t12-,13+,15+,16-. The molecular weight excluding hydrogens is 310 g/mol. The minimum atomic E-state index is -0.335. The highest BCUT2D eigenvalue weighted by Crippen LogP contribution is 2.45. The summed E-state index contributed by atoms with van der Waals surface area (Å²) in [7, 11) is 3.17. The van der Waals surface area contributed by atoms with E-state index in [2.05, 4.69) is 0 Å². The van der Waals surface area contributed by atoms with Crippen molar-refractivity contribution in [2.45, 2.75) is 18.6 Å². The summed E-state index contributed by atoms with van der Waals surface area (Å²) < 4.78 is 16.1. The summed E-state index contributed by atoms with van der Waals surface area (Å²) >= 11 is 0. The van der Waals surface area contributed by atoms with Crippen LogP contribution in [0.5, 0.6) is 11.5 Å². The van der Waals surface area contributed by atoms with E-state index in [0.29, 0.717) is 24.5 Å². The molecule has 2 amide bonds. The molecule has 1 aromatic rings. The maximum absolute atomic E-state index is 12.6. The summed E-state index contributed by atoms with van der Waals surface area (Å²) in [4.78, 5) is 26.5. The van der Waals surface area contributed by atoms with E-state index in [1.165, 1.54) is 4.90 Å². The van der Waals surface area contributed by atoms with E-state index in [1.54, 1.807) is 14.2 Å². The lowest BCUT2D eigenvalue weighted by molar-refractivity contribution is -0.142. The Morgan fingerprint density at radius 3 is 2.21 bits per heavy atom. The molecule has 2 fully saturated rings. The molecule has 126 valence electrons. The van der Waals surface area contributed by atoms with Crippen LogP contribution in [0.1, 0.15) is 5.56 Å². The van der Waals surface area contributed by atoms with Gasteiger partial charge >= 0.3 is 0 Å². The number of benzene rings is 1. The van der Waals surface area contributed by atoms with Gasteiger partial charge in [-0.2, -0.15) is 0 Å². The van der Waals surface area contributed by atoms with Crippen LogP contribution in [0.3, 0.4) is 0 Å². The fraction of sp³-hybridized carbons (Fsp3) is 0.444. The van der Waals surface area contributed by atoms with Gasteiger partial charge in [-0.1, -0.05) is 18.2 Å². The third-order valence-corrected chi connectivity index (χ3v) is 5.07. The van der Waals surface area contributed by atoms with Gasteiger partial charge in [-0.3, -0.25) is 14.5 Å². The third-order valence-electron chi connectivity index (χ3n) is 5.07. The molecule has 4 rings (SSSR count). The lowest BCUT2D eigenvalue weighted by Gasteiger charge is -2.18. The van der Waals surface area contributed by atoms with Crippen molar-refractivity contribution in [3.8, 4) is 11.5 Å². The van der Waals surface area contributed by atoms with Gasteiger partial charge in [0, 0.05) is 6.54 Å². The van der Waals surface area contributed by atoms with Crippen LogP contribution in [-0.2, 0) is 20.7 Å². The molecule has 3 heterocycles. The van der Waals surface area contributed by atoms with Crippen LogP contribution < -0.4 is 9.47 Å². The van der Waals surface area contributed by atoms with Gasteiger partial charge in [-0.15, -0.1) is 0 Å². The maximum atomic E-state index is 12.6. The fourth-order valence-electron chi connectivity index (χ4n) is 3.86. The van der Waals surface area contributed by atoms with Crippen LogP contribution in [0.15, 0.2) is 30.4 Å². The molecule has 0 aromatic heterocycles. The molecule has 4 atom stereocenters. The van der Waals surface area contributed by atoms with Gasteiger partial charge in [0.1, 0.15) is 0 Å². The summed E-state index contributed by atoms with van der Waals surface area (Å²) in [6.07, 6.45) is 3.91. The van der Waals surface area contributed by atoms with Crippen molar-refractivity contribution in [1.82, 2.24) is 4.90 Å². The minimum absolute atomic E-state index is 0.109. The number of imide groups is 1. The highest BCUT2D eigenvalue weighted by molar-refractivity contribution is 6.06. The number of hydrogen-bond acceptors (Lipinski definition) is 5. The van der Waals surface area contributed by atoms with Crippen molar-refractivity contribution in [1.29, 1.82) is 0 Å². The molecule has 0 radical (unpaired) electrons. The van der Waals surface area contributed by atoms with Crippen molar-refractivity contribution in [3.63, 3.8) is 0 Å². The number of ether oxygens (including phenoxy) is 3. The largest absolute Gasteiger partial charge is 0.493 e. The molecular formula is C18H19NO5. The second-order valence-electron chi connectivity index (χ2n) is 6.27. The lowest BCUT2D eigenvalue weighted by atomic mass is 9.85. The van der Waals surface area contributed by atoms with Crippen molar-refractivity contribution in [2.24, 2.45) is 11.8 Å². The second kappa shape index (κ2) is 5.63. The van der Waals surface area contributed by atoms with Crippen molar-refractivity contribution < 1.29 is 23.8 Å². The summed E-state index contributed by atoms with van der Waals surface area (Å²) in [6.45, 7) is 0.375. The lowest BCUT2D eigenvalue weighted by Crippen LogP contribution is -2.36. The molecule has 24 heavy (non-hydrogen) atoms. The Morgan fingerprint density at radius 2 is 1.62 bits per heavy atom. The topological polar surface area (TPSA) is 65.1 Å². The monoisotopic (exact) mass is 329 g/mol. The SMILES string of the molecule is COc1ccc(CCN2C(=O)[C@@H]3[C@H](C2=O)[C@@H]2C=C[C@H]3O2)cc1OC. The predicted molar refractivity (Wildman–Crippen MR) is 84.8 cm³/mol. The van der Waals surface area contributed by atoms with Crippen LogP contribution in [0.4, 0.5) is 0 Å². The minimum Gasteiger partial charge on any atom is -0.493 e. The zero-order valence-electron chi connectivity index (χ0n) is 13.6. The Kier molecular flexibility index (Phi) is 3.57. The first-order valence-electron chi connectivity index (χ1n) is 8.04. The fourth-order valence-corrected chi connectivity index (χ4v) is 3.86. The maximum Gasteiger partial charge on any atom is 0.236 e. The Labute approximate surface area is 140 Å². The van der Waals surface area contributed by atoms with E-state index in [4.69, 9.17) is 14.2 Å². The second-order valence-corrected chi connectivity index (χ2v) is 6.27. The third kappa shape index (κ3) is 2.13. The molecule has 6 nitrogen and oxygen atoms in total. The van der Waals surface area contributed by atoms with Crippen molar-refractivity contribution >= 4 is 11.8 Å². The molecule has 1 aromatic carbocycles. The normalized spacial score (nSPS) is 30.2. The highest BCUT2D eigenvalue weighted by atomic mass is 16.5. The van der Waals surface area contributed by atoms with E-state index < -0.39 is 0 Å². The Bertz CT molecular complexity index is 698. The predicted octanol–water partition coefficient (Wildman–Crippen LogP) is 1.18. The van der Waals surface area contributed by atoms with E-state index in [-0.39, 0.29) is 35.9 Å². The Hall–Kier alpha value is -2.34. The first-order chi connectivity index (χ1) is 11.6. The first kappa shape index (κ1) is 15.2. The van der Waals surface area contributed by atoms with Crippen LogP contribution in [0.25, 0.3) is 0 Å². The number of rotatable bonds is 5. The average Bonchev–Trinajstić information content (AvgIpc) is 3.27. The highest BCUT2D eigenvalue weighted by Gasteiger charge is 2.60. The smallest absolute Gasteiger partial charge is 0.236 e. The van der Waals surface area contributed by atoms with Gasteiger partial charge in [0.2, 0.25) is 11.8 Å². The zero-order valence-corrected chi connectivity index (χ0v) is 13.6. The molecule has 0 spiro atoms. The summed E-state index contributed by atoms with van der Waals surface area (Å²) in [6, 6.07) is 5.62. The first-order valence-corrected chi connectivity index (χ1v) is 8.04. The molecule has 2 bridgehead atoms. The number of hydrogen-bond donors (Lipinski definition) is 0. The molecule has 0 unspecified atom stereocenters. The zero-order chi connectivity index (χ0) is 16.8. The molecule has 3 aliphatic heterocycles. The number of carbonyl (C=O) groups is 2. The van der Waals surface area contributed by atoms with Gasteiger partial charge in [-0.05, 0) is 24.1 Å². The van der Waals surface area contributed by atoms with E-state index in [9.17, 15) is 9.59 Å². The van der Waals surface area contributed by atoms with Crippen molar-refractivity contribution in [3.05, 3.63) is 35.9 Å². The van der Waals surface area contributed by atoms with E-state index >= 15 is 0 Å². The summed E-state index contributed by atoms with van der Waals surface area (Å²) in [5, 5.41) is 0. The van der Waals surface area contributed by atoms with Crippen LogP contribution >= 0.6 is 0 Å². The molecule has 0 saturated carbocycles. The molecule has 2 saturated heterocycles. The number of nitrogens with zero attached hydrogens (tertiary/aromatic N) is 1. The molecule has 3 aliphatic rings. The summed E-state index contributed by atoms with van der Waals surface area (Å²) in [5.74, 6) is 0.408. The molecule has 0 aliphatic carbocycles. The quantitative estimate of drug-likeness (QED) is 0.600. The van der Waals surface area contributed by atoms with Gasteiger partial charge in [-0.25, -0.2) is 0 Å². The number of fused-ring (bicyclic) bond motifs is 5. The van der Waals surface area contributed by atoms with Gasteiger partial charge < -0.3 is 14.2 Å². The number of likely N-dealkylation sites (tertiary alicyclic amines) is 1. The van der Waals surface area contributed by atoms with Gasteiger partial charge in [0.15, 0.2) is 11.5 Å². The number of amides is 2. The summed E-state index contributed by atoms with van der Waals surface area (Å²) in [5.41, 5.74) is 0.989. The number of methoxy groups -OCH3 is 2. The Morgan fingerprint density at radius 1 is 1.00 bits per heavy atom. The van der Waals surface area contributed by atoms with Crippen LogP contribution in [-0.4, -0.2) is 49.7 Å². The van der Waals surface area contributed by atoms with E-state index in [0.717, 1.165) is 5.56 Å². The number of carbonyl (C=O) groups excluding carboxylic acids is 2. The van der Waals surface area contributed by atoms with Gasteiger partial charge in [0.25, 0.3) is 0 Å². The average molecular weight is 329 g/mol. The van der Waals surface area contributed by atoms with Crippen LogP contribution in [0.2, 0.25) is 0 Å². The van der Waals surface area contributed by atoms with Crippen LogP contribution in [0, 0.1) is 11.8 Å². The van der Waals surface area contributed by atoms with Gasteiger partial charge in [0.05, 0.1) is 38.3 Å². The van der Waals surface area contributed by atoms with Crippen molar-refractivity contribution in [2.75, 3.05) is 20.8 Å². The Balaban J connectivity index is 1.47.